The molecule has 0 aliphatic carbocycles. The molecule has 0 radical (unpaired) electrons. The van der Waals surface area contributed by atoms with E-state index in [9.17, 15) is 14.9 Å². The van der Waals surface area contributed by atoms with Crippen LogP contribution in [0.5, 0.6) is 0 Å². The average Bonchev–Trinajstić information content (AvgIpc) is 2.68. The highest BCUT2D eigenvalue weighted by Crippen LogP contribution is 2.17. The number of ether oxygens (including phenoxy) is 2. The Kier molecular flexibility index (Phi) is 11.0. The lowest BCUT2D eigenvalue weighted by atomic mass is 10.1. The second-order valence-electron chi connectivity index (χ2n) is 5.66. The number of esters is 1. The van der Waals surface area contributed by atoms with Crippen molar-refractivity contribution in [2.45, 2.75) is 33.1 Å². The number of amides is 1. The van der Waals surface area contributed by atoms with Crippen molar-refractivity contribution < 1.29 is 19.1 Å². The van der Waals surface area contributed by atoms with E-state index in [1.807, 2.05) is 19.9 Å². The third-order valence-electron chi connectivity index (χ3n) is 3.57. The first kappa shape index (κ1) is 22.2. The summed E-state index contributed by atoms with van der Waals surface area (Å²) in [5.74, 6) is -0.927. The Morgan fingerprint density at radius 3 is 2.67 bits per heavy atom. The number of hydrogen-bond donors (Lipinski definition) is 2. The molecular weight excluding hydrogens is 346 g/mol. The maximum atomic E-state index is 12.2. The van der Waals surface area contributed by atoms with Crippen molar-refractivity contribution in [3.05, 3.63) is 41.6 Å². The van der Waals surface area contributed by atoms with Crippen molar-refractivity contribution in [1.29, 1.82) is 5.26 Å². The molecule has 7 heteroatoms. The number of anilines is 1. The van der Waals surface area contributed by atoms with Gasteiger partial charge in [0.05, 0.1) is 17.9 Å². The second-order valence-corrected chi connectivity index (χ2v) is 5.66. The number of para-hydroxylation sites is 1. The summed E-state index contributed by atoms with van der Waals surface area (Å²) in [6, 6.07) is 8.64. The van der Waals surface area contributed by atoms with Gasteiger partial charge in [0.25, 0.3) is 5.91 Å². The van der Waals surface area contributed by atoms with Crippen LogP contribution in [0.15, 0.2) is 36.0 Å². The molecule has 0 saturated carbocycles. The monoisotopic (exact) mass is 373 g/mol. The van der Waals surface area contributed by atoms with Gasteiger partial charge in [0.2, 0.25) is 0 Å². The molecule has 1 aromatic rings. The van der Waals surface area contributed by atoms with E-state index in [1.54, 1.807) is 24.3 Å². The molecule has 1 amide bonds. The molecule has 0 spiro atoms. The zero-order chi connectivity index (χ0) is 19.9. The predicted molar refractivity (Wildman–Crippen MR) is 103 cm³/mol. The molecule has 0 aliphatic heterocycles. The molecule has 146 valence electrons. The van der Waals surface area contributed by atoms with Crippen LogP contribution in [0.2, 0.25) is 0 Å². The van der Waals surface area contributed by atoms with E-state index in [0.717, 1.165) is 12.8 Å². The number of nitrogens with one attached hydrogen (secondary N) is 2. The fraction of sp³-hybridized carbons (Fsp3) is 0.450. The topological polar surface area (TPSA) is 100 Å². The van der Waals surface area contributed by atoms with E-state index >= 15 is 0 Å². The number of unbranched alkanes of at least 4 members (excludes halogenated alkanes) is 1. The Morgan fingerprint density at radius 1 is 1.19 bits per heavy atom. The third kappa shape index (κ3) is 8.38. The van der Waals surface area contributed by atoms with Gasteiger partial charge in [-0.15, -0.1) is 0 Å². The summed E-state index contributed by atoms with van der Waals surface area (Å²) >= 11 is 0. The minimum atomic E-state index is -0.482. The molecule has 0 fully saturated rings. The van der Waals surface area contributed by atoms with Crippen LogP contribution in [0.4, 0.5) is 5.69 Å². The molecule has 1 aromatic carbocycles. The Morgan fingerprint density at radius 2 is 1.96 bits per heavy atom. The first-order valence-corrected chi connectivity index (χ1v) is 9.12. The van der Waals surface area contributed by atoms with Gasteiger partial charge in [0.15, 0.2) is 0 Å². The Balaban J connectivity index is 2.69. The Hall–Kier alpha value is -2.85. The maximum Gasteiger partial charge on any atom is 0.340 e. The number of carbonyl (C=O) groups is 2. The SMILES string of the molecule is CCCCOC(=O)c1ccccc1N/C=C(/C#N)C(=O)NCCCOCC. The molecule has 7 nitrogen and oxygen atoms in total. The lowest BCUT2D eigenvalue weighted by Crippen LogP contribution is -2.26. The summed E-state index contributed by atoms with van der Waals surface area (Å²) < 4.78 is 10.4. The molecule has 0 heterocycles. The summed E-state index contributed by atoms with van der Waals surface area (Å²) in [5, 5.41) is 14.7. The maximum absolute atomic E-state index is 12.2. The van der Waals surface area contributed by atoms with Crippen LogP contribution in [0, 0.1) is 11.3 Å². The number of nitriles is 1. The highest BCUT2D eigenvalue weighted by Gasteiger charge is 2.13. The molecule has 0 saturated heterocycles. The van der Waals surface area contributed by atoms with Crippen LogP contribution in [0.1, 0.15) is 43.5 Å². The molecular formula is C20H27N3O4. The molecule has 0 aromatic heterocycles. The van der Waals surface area contributed by atoms with E-state index in [2.05, 4.69) is 10.6 Å². The summed E-state index contributed by atoms with van der Waals surface area (Å²) in [7, 11) is 0. The van der Waals surface area contributed by atoms with Gasteiger partial charge < -0.3 is 20.1 Å². The van der Waals surface area contributed by atoms with Gasteiger partial charge in [0.1, 0.15) is 11.6 Å². The van der Waals surface area contributed by atoms with Crippen molar-refractivity contribution in [1.82, 2.24) is 5.32 Å². The van der Waals surface area contributed by atoms with Gasteiger partial charge in [0, 0.05) is 26.0 Å². The van der Waals surface area contributed by atoms with E-state index in [0.29, 0.717) is 44.0 Å². The summed E-state index contributed by atoms with van der Waals surface area (Å²) in [4.78, 5) is 24.2. The van der Waals surface area contributed by atoms with Crippen molar-refractivity contribution in [2.75, 3.05) is 31.7 Å². The van der Waals surface area contributed by atoms with E-state index < -0.39 is 11.9 Å². The van der Waals surface area contributed by atoms with Crippen LogP contribution in [-0.4, -0.2) is 38.2 Å². The number of carbonyl (C=O) groups excluding carboxylic acids is 2. The number of benzene rings is 1. The van der Waals surface area contributed by atoms with Gasteiger partial charge in [-0.2, -0.15) is 5.26 Å². The van der Waals surface area contributed by atoms with Gasteiger partial charge in [-0.25, -0.2) is 4.79 Å². The van der Waals surface area contributed by atoms with Gasteiger partial charge in [-0.3, -0.25) is 4.79 Å². The molecule has 0 unspecified atom stereocenters. The van der Waals surface area contributed by atoms with E-state index in [1.165, 1.54) is 6.20 Å². The normalized spacial score (nSPS) is 10.8. The molecule has 0 bridgehead atoms. The summed E-state index contributed by atoms with van der Waals surface area (Å²) in [6.07, 6.45) is 3.68. The van der Waals surface area contributed by atoms with Crippen LogP contribution >= 0.6 is 0 Å². The highest BCUT2D eigenvalue weighted by molar-refractivity contribution is 5.98. The second kappa shape index (κ2) is 13.4. The van der Waals surface area contributed by atoms with Crippen molar-refractivity contribution in [2.24, 2.45) is 0 Å². The van der Waals surface area contributed by atoms with E-state index in [4.69, 9.17) is 9.47 Å². The lowest BCUT2D eigenvalue weighted by Gasteiger charge is -2.10. The van der Waals surface area contributed by atoms with E-state index in [-0.39, 0.29) is 5.57 Å². The molecule has 1 rings (SSSR count). The van der Waals surface area contributed by atoms with Crippen molar-refractivity contribution >= 4 is 17.6 Å². The molecule has 2 N–H and O–H groups in total. The Labute approximate surface area is 160 Å². The zero-order valence-electron chi connectivity index (χ0n) is 15.9. The fourth-order valence-electron chi connectivity index (χ4n) is 2.09. The third-order valence-corrected chi connectivity index (χ3v) is 3.57. The van der Waals surface area contributed by atoms with Gasteiger partial charge >= 0.3 is 5.97 Å². The fourth-order valence-corrected chi connectivity index (χ4v) is 2.09. The molecule has 27 heavy (non-hydrogen) atoms. The first-order valence-electron chi connectivity index (χ1n) is 9.12. The minimum Gasteiger partial charge on any atom is -0.462 e. The average molecular weight is 373 g/mol. The van der Waals surface area contributed by atoms with Crippen LogP contribution in [0.25, 0.3) is 0 Å². The highest BCUT2D eigenvalue weighted by atomic mass is 16.5. The standard InChI is InChI=1S/C20H27N3O4/c1-3-5-13-27-20(25)17-9-6-7-10-18(17)23-15-16(14-21)19(24)22-11-8-12-26-4-2/h6-7,9-10,15,23H,3-5,8,11-13H2,1-2H3,(H,22,24)/b16-15-. The van der Waals surface area contributed by atoms with Crippen LogP contribution in [0.3, 0.4) is 0 Å². The van der Waals surface area contributed by atoms with Gasteiger partial charge in [-0.05, 0) is 31.9 Å². The van der Waals surface area contributed by atoms with Gasteiger partial charge in [-0.1, -0.05) is 25.5 Å². The molecule has 0 aliphatic rings. The first-order chi connectivity index (χ1) is 13.1. The number of nitrogens with zero attached hydrogens (tertiary/aromatic N) is 1. The van der Waals surface area contributed by atoms with Crippen molar-refractivity contribution in [3.8, 4) is 6.07 Å². The Bertz CT molecular complexity index is 680. The molecule has 0 atom stereocenters. The number of rotatable bonds is 12. The predicted octanol–water partition coefficient (Wildman–Crippen LogP) is 3.01. The number of hydrogen-bond acceptors (Lipinski definition) is 6. The summed E-state index contributed by atoms with van der Waals surface area (Å²) in [5.41, 5.74) is 0.732. The zero-order valence-corrected chi connectivity index (χ0v) is 15.9. The van der Waals surface area contributed by atoms with Crippen LogP contribution < -0.4 is 10.6 Å². The smallest absolute Gasteiger partial charge is 0.340 e. The van der Waals surface area contributed by atoms with Crippen molar-refractivity contribution in [3.63, 3.8) is 0 Å². The van der Waals surface area contributed by atoms with Crippen LogP contribution in [-0.2, 0) is 14.3 Å². The largest absolute Gasteiger partial charge is 0.462 e. The summed E-state index contributed by atoms with van der Waals surface area (Å²) in [6.45, 7) is 5.86. The minimum absolute atomic E-state index is 0.0828. The lowest BCUT2D eigenvalue weighted by molar-refractivity contribution is -0.117. The quantitative estimate of drug-likeness (QED) is 0.253.